The molecule has 12 heavy (non-hydrogen) atoms. The Kier molecular flexibility index (Phi) is 3.49. The van der Waals surface area contributed by atoms with Crippen molar-refractivity contribution in [3.05, 3.63) is 0 Å². The lowest BCUT2D eigenvalue weighted by Crippen LogP contribution is -2.48. The van der Waals surface area contributed by atoms with Gasteiger partial charge in [0.25, 0.3) is 0 Å². The highest BCUT2D eigenvalue weighted by molar-refractivity contribution is 5.77. The summed E-state index contributed by atoms with van der Waals surface area (Å²) in [5, 5.41) is 14.5. The molecule has 4 heteroatoms. The molecule has 4 nitrogen and oxygen atoms in total. The van der Waals surface area contributed by atoms with Gasteiger partial charge in [-0.1, -0.05) is 0 Å². The molecule has 1 fully saturated rings. The van der Waals surface area contributed by atoms with Crippen molar-refractivity contribution < 1.29 is 9.90 Å². The molecule has 3 N–H and O–H groups in total. The summed E-state index contributed by atoms with van der Waals surface area (Å²) in [7, 11) is 0. The summed E-state index contributed by atoms with van der Waals surface area (Å²) in [5.41, 5.74) is 0. The van der Waals surface area contributed by atoms with E-state index in [1.165, 1.54) is 0 Å². The SMILES string of the molecule is CC1CC(NCCO)CC(=O)N1. The van der Waals surface area contributed by atoms with Gasteiger partial charge >= 0.3 is 0 Å². The fraction of sp³-hybridized carbons (Fsp3) is 0.875. The van der Waals surface area contributed by atoms with Crippen molar-refractivity contribution in [1.29, 1.82) is 0 Å². The molecule has 1 aliphatic heterocycles. The van der Waals surface area contributed by atoms with E-state index in [1.54, 1.807) is 0 Å². The molecule has 0 aromatic carbocycles. The number of aliphatic hydroxyl groups excluding tert-OH is 1. The Balaban J connectivity index is 2.29. The van der Waals surface area contributed by atoms with Gasteiger partial charge in [-0.3, -0.25) is 4.79 Å². The number of piperidine rings is 1. The first kappa shape index (κ1) is 9.48. The molecule has 0 radical (unpaired) electrons. The highest BCUT2D eigenvalue weighted by Gasteiger charge is 2.22. The summed E-state index contributed by atoms with van der Waals surface area (Å²) < 4.78 is 0. The minimum absolute atomic E-state index is 0.101. The van der Waals surface area contributed by atoms with Crippen LogP contribution in [0, 0.1) is 0 Å². The van der Waals surface area contributed by atoms with E-state index in [0.29, 0.717) is 13.0 Å². The van der Waals surface area contributed by atoms with Crippen molar-refractivity contribution in [2.45, 2.75) is 31.8 Å². The summed E-state index contributed by atoms with van der Waals surface area (Å²) in [5.74, 6) is 0.101. The van der Waals surface area contributed by atoms with E-state index in [4.69, 9.17) is 5.11 Å². The third-order valence-corrected chi connectivity index (χ3v) is 2.02. The highest BCUT2D eigenvalue weighted by Crippen LogP contribution is 2.08. The third kappa shape index (κ3) is 2.79. The molecule has 1 aliphatic rings. The summed E-state index contributed by atoms with van der Waals surface area (Å²) in [6, 6.07) is 0.489. The molecule has 2 unspecified atom stereocenters. The van der Waals surface area contributed by atoms with E-state index in [9.17, 15) is 4.79 Å². The van der Waals surface area contributed by atoms with Crippen LogP contribution in [0.4, 0.5) is 0 Å². The van der Waals surface area contributed by atoms with Crippen molar-refractivity contribution in [3.63, 3.8) is 0 Å². The molecule has 1 amide bonds. The van der Waals surface area contributed by atoms with Gasteiger partial charge in [-0.15, -0.1) is 0 Å². The molecule has 2 atom stereocenters. The van der Waals surface area contributed by atoms with Crippen LogP contribution < -0.4 is 10.6 Å². The predicted octanol–water partition coefficient (Wildman–Crippen LogP) is -0.765. The first-order chi connectivity index (χ1) is 5.72. The lowest BCUT2D eigenvalue weighted by molar-refractivity contribution is -0.123. The van der Waals surface area contributed by atoms with Crippen molar-refractivity contribution in [3.8, 4) is 0 Å². The second-order valence-electron chi connectivity index (χ2n) is 3.28. The molecule has 1 saturated heterocycles. The van der Waals surface area contributed by atoms with Gasteiger partial charge in [-0.2, -0.15) is 0 Å². The van der Waals surface area contributed by atoms with Gasteiger partial charge in [0.1, 0.15) is 0 Å². The fourth-order valence-electron chi connectivity index (χ4n) is 1.55. The summed E-state index contributed by atoms with van der Waals surface area (Å²) in [4.78, 5) is 11.0. The van der Waals surface area contributed by atoms with Gasteiger partial charge in [0, 0.05) is 25.0 Å². The second kappa shape index (κ2) is 4.42. The molecule has 0 aromatic rings. The lowest BCUT2D eigenvalue weighted by atomic mass is 10.0. The number of carbonyl (C=O) groups excluding carboxylic acids is 1. The zero-order chi connectivity index (χ0) is 8.97. The Bertz CT molecular complexity index is 161. The average molecular weight is 172 g/mol. The topological polar surface area (TPSA) is 61.4 Å². The summed E-state index contributed by atoms with van der Waals surface area (Å²) in [6.07, 6.45) is 1.48. The van der Waals surface area contributed by atoms with E-state index < -0.39 is 0 Å². The Morgan fingerprint density at radius 2 is 2.50 bits per heavy atom. The molecular weight excluding hydrogens is 156 g/mol. The average Bonchev–Trinajstić information content (AvgIpc) is 1.99. The zero-order valence-electron chi connectivity index (χ0n) is 7.34. The summed E-state index contributed by atoms with van der Waals surface area (Å²) >= 11 is 0. The van der Waals surface area contributed by atoms with Crippen LogP contribution in [0.25, 0.3) is 0 Å². The maximum absolute atomic E-state index is 11.0. The van der Waals surface area contributed by atoms with E-state index >= 15 is 0 Å². The van der Waals surface area contributed by atoms with E-state index in [-0.39, 0.29) is 24.6 Å². The Hall–Kier alpha value is -0.610. The Morgan fingerprint density at radius 1 is 1.75 bits per heavy atom. The number of rotatable bonds is 3. The first-order valence-corrected chi connectivity index (χ1v) is 4.36. The number of nitrogens with one attached hydrogen (secondary N) is 2. The molecule has 0 bridgehead atoms. The molecule has 0 aliphatic carbocycles. The monoisotopic (exact) mass is 172 g/mol. The molecule has 0 spiro atoms. The number of carbonyl (C=O) groups is 1. The van der Waals surface area contributed by atoms with Gasteiger partial charge < -0.3 is 15.7 Å². The largest absolute Gasteiger partial charge is 0.395 e. The molecule has 1 heterocycles. The Labute approximate surface area is 72.3 Å². The Morgan fingerprint density at radius 3 is 3.08 bits per heavy atom. The van der Waals surface area contributed by atoms with E-state index in [2.05, 4.69) is 10.6 Å². The standard InChI is InChI=1S/C8H16N2O2/c1-6-4-7(9-2-3-11)5-8(12)10-6/h6-7,9,11H,2-5H2,1H3,(H,10,12). The molecular formula is C8H16N2O2. The van der Waals surface area contributed by atoms with E-state index in [1.807, 2.05) is 6.92 Å². The normalized spacial score (nSPS) is 30.0. The van der Waals surface area contributed by atoms with Crippen LogP contribution in [0.3, 0.4) is 0 Å². The van der Waals surface area contributed by atoms with Crippen molar-refractivity contribution in [2.24, 2.45) is 0 Å². The van der Waals surface area contributed by atoms with Crippen LogP contribution in [0.15, 0.2) is 0 Å². The molecule has 1 rings (SSSR count). The minimum Gasteiger partial charge on any atom is -0.395 e. The zero-order valence-corrected chi connectivity index (χ0v) is 7.34. The number of hydrogen-bond donors (Lipinski definition) is 3. The van der Waals surface area contributed by atoms with Gasteiger partial charge in [0.05, 0.1) is 6.61 Å². The summed E-state index contributed by atoms with van der Waals surface area (Å²) in [6.45, 7) is 2.70. The predicted molar refractivity (Wildman–Crippen MR) is 45.7 cm³/mol. The second-order valence-corrected chi connectivity index (χ2v) is 3.28. The minimum atomic E-state index is 0.101. The van der Waals surface area contributed by atoms with Crippen molar-refractivity contribution in [2.75, 3.05) is 13.2 Å². The quantitative estimate of drug-likeness (QED) is 0.524. The number of hydrogen-bond acceptors (Lipinski definition) is 3. The first-order valence-electron chi connectivity index (χ1n) is 4.36. The van der Waals surface area contributed by atoms with Crippen LogP contribution >= 0.6 is 0 Å². The van der Waals surface area contributed by atoms with Crippen molar-refractivity contribution in [1.82, 2.24) is 10.6 Å². The third-order valence-electron chi connectivity index (χ3n) is 2.02. The fourth-order valence-corrected chi connectivity index (χ4v) is 1.55. The highest BCUT2D eigenvalue weighted by atomic mass is 16.3. The van der Waals surface area contributed by atoms with Crippen LogP contribution in [0.5, 0.6) is 0 Å². The maximum Gasteiger partial charge on any atom is 0.221 e. The molecule has 0 saturated carbocycles. The molecule has 70 valence electrons. The van der Waals surface area contributed by atoms with E-state index in [0.717, 1.165) is 6.42 Å². The van der Waals surface area contributed by atoms with Crippen LogP contribution in [0.2, 0.25) is 0 Å². The van der Waals surface area contributed by atoms with Crippen LogP contribution in [-0.2, 0) is 4.79 Å². The smallest absolute Gasteiger partial charge is 0.221 e. The van der Waals surface area contributed by atoms with Crippen LogP contribution in [0.1, 0.15) is 19.8 Å². The number of aliphatic hydroxyl groups is 1. The van der Waals surface area contributed by atoms with Gasteiger partial charge in [0.2, 0.25) is 5.91 Å². The van der Waals surface area contributed by atoms with Crippen LogP contribution in [-0.4, -0.2) is 36.2 Å². The number of amides is 1. The van der Waals surface area contributed by atoms with Gasteiger partial charge in [-0.05, 0) is 13.3 Å². The van der Waals surface area contributed by atoms with Gasteiger partial charge in [0.15, 0.2) is 0 Å². The van der Waals surface area contributed by atoms with Crippen molar-refractivity contribution >= 4 is 5.91 Å². The lowest BCUT2D eigenvalue weighted by Gasteiger charge is -2.27. The molecule has 0 aromatic heterocycles. The maximum atomic E-state index is 11.0. The van der Waals surface area contributed by atoms with Gasteiger partial charge in [-0.25, -0.2) is 0 Å².